The molecule has 2 rings (SSSR count). The molecule has 0 N–H and O–H groups in total. The molecule has 0 unspecified atom stereocenters. The van der Waals surface area contributed by atoms with E-state index >= 15 is 0 Å². The standard InChI is InChI=1S/C11H8BrFN2/c12-7-10-4-5-14-11(15-10)8-2-1-3-9(13)6-8/h1-6H,7H2. The van der Waals surface area contributed by atoms with Gasteiger partial charge in [0.1, 0.15) is 5.82 Å². The van der Waals surface area contributed by atoms with Crippen molar-refractivity contribution in [1.82, 2.24) is 9.97 Å². The van der Waals surface area contributed by atoms with E-state index in [1.54, 1.807) is 18.3 Å². The van der Waals surface area contributed by atoms with Crippen molar-refractivity contribution >= 4 is 15.9 Å². The summed E-state index contributed by atoms with van der Waals surface area (Å²) in [6.07, 6.45) is 1.67. The Labute approximate surface area is 95.3 Å². The first kappa shape index (κ1) is 10.2. The van der Waals surface area contributed by atoms with E-state index in [9.17, 15) is 4.39 Å². The van der Waals surface area contributed by atoms with Gasteiger partial charge in [-0.05, 0) is 18.2 Å². The van der Waals surface area contributed by atoms with Crippen LogP contribution in [-0.4, -0.2) is 9.97 Å². The smallest absolute Gasteiger partial charge is 0.159 e. The maximum atomic E-state index is 13.0. The number of benzene rings is 1. The van der Waals surface area contributed by atoms with Crippen LogP contribution in [0.5, 0.6) is 0 Å². The Morgan fingerprint density at radius 3 is 2.87 bits per heavy atom. The van der Waals surface area contributed by atoms with E-state index in [1.165, 1.54) is 12.1 Å². The maximum absolute atomic E-state index is 13.0. The SMILES string of the molecule is Fc1cccc(-c2nccc(CBr)n2)c1. The zero-order chi connectivity index (χ0) is 10.7. The van der Waals surface area contributed by atoms with Crippen LogP contribution in [0.4, 0.5) is 4.39 Å². The molecule has 0 fully saturated rings. The second-order valence-electron chi connectivity index (χ2n) is 3.02. The van der Waals surface area contributed by atoms with Crippen LogP contribution >= 0.6 is 15.9 Å². The number of halogens is 2. The Morgan fingerprint density at radius 2 is 2.13 bits per heavy atom. The normalized spacial score (nSPS) is 10.3. The van der Waals surface area contributed by atoms with Crippen LogP contribution < -0.4 is 0 Å². The first-order valence-corrected chi connectivity index (χ1v) is 5.55. The number of rotatable bonds is 2. The van der Waals surface area contributed by atoms with Crippen LogP contribution in [0.3, 0.4) is 0 Å². The van der Waals surface area contributed by atoms with Crippen molar-refractivity contribution in [2.75, 3.05) is 0 Å². The Hall–Kier alpha value is -1.29. The van der Waals surface area contributed by atoms with Gasteiger partial charge in [-0.2, -0.15) is 0 Å². The van der Waals surface area contributed by atoms with E-state index in [-0.39, 0.29) is 5.82 Å². The van der Waals surface area contributed by atoms with E-state index in [2.05, 4.69) is 25.9 Å². The summed E-state index contributed by atoms with van der Waals surface area (Å²) in [5, 5.41) is 0.665. The third-order valence-corrected chi connectivity index (χ3v) is 2.51. The van der Waals surface area contributed by atoms with Gasteiger partial charge in [-0.1, -0.05) is 28.1 Å². The van der Waals surface area contributed by atoms with Crippen LogP contribution in [0, 0.1) is 5.82 Å². The fraction of sp³-hybridized carbons (Fsp3) is 0.0909. The molecule has 0 atom stereocenters. The molecule has 0 spiro atoms. The number of alkyl halides is 1. The first-order valence-electron chi connectivity index (χ1n) is 4.43. The molecular formula is C11H8BrFN2. The van der Waals surface area contributed by atoms with Gasteiger partial charge in [0.15, 0.2) is 5.82 Å². The molecule has 0 aliphatic rings. The van der Waals surface area contributed by atoms with Crippen LogP contribution in [0.2, 0.25) is 0 Å². The summed E-state index contributed by atoms with van der Waals surface area (Å²) in [4.78, 5) is 8.38. The molecule has 0 saturated heterocycles. The molecule has 1 aromatic carbocycles. The summed E-state index contributed by atoms with van der Waals surface area (Å²) in [5.74, 6) is 0.270. The van der Waals surface area contributed by atoms with Crippen LogP contribution in [-0.2, 0) is 5.33 Å². The molecule has 2 aromatic rings. The first-order chi connectivity index (χ1) is 7.29. The average molecular weight is 267 g/mol. The molecule has 1 aromatic heterocycles. The third kappa shape index (κ3) is 2.39. The van der Waals surface area contributed by atoms with Gasteiger partial charge in [0.05, 0.1) is 5.69 Å². The van der Waals surface area contributed by atoms with E-state index in [4.69, 9.17) is 0 Å². The van der Waals surface area contributed by atoms with Gasteiger partial charge >= 0.3 is 0 Å². The Balaban J connectivity index is 2.44. The van der Waals surface area contributed by atoms with Gasteiger partial charge in [0, 0.05) is 17.1 Å². The molecule has 4 heteroatoms. The monoisotopic (exact) mass is 266 g/mol. The Kier molecular flexibility index (Phi) is 3.06. The summed E-state index contributed by atoms with van der Waals surface area (Å²) < 4.78 is 13.0. The number of hydrogen-bond acceptors (Lipinski definition) is 2. The fourth-order valence-electron chi connectivity index (χ4n) is 1.24. The van der Waals surface area contributed by atoms with Crippen molar-refractivity contribution in [3.8, 4) is 11.4 Å². The van der Waals surface area contributed by atoms with Crippen LogP contribution in [0.25, 0.3) is 11.4 Å². The summed E-state index contributed by atoms with van der Waals surface area (Å²) in [5.41, 5.74) is 1.57. The molecule has 0 amide bonds. The lowest BCUT2D eigenvalue weighted by Crippen LogP contribution is -1.92. The van der Waals surface area contributed by atoms with Crippen molar-refractivity contribution in [3.63, 3.8) is 0 Å². The molecule has 76 valence electrons. The molecule has 0 aliphatic heterocycles. The lowest BCUT2D eigenvalue weighted by Gasteiger charge is -2.01. The third-order valence-electron chi connectivity index (χ3n) is 1.93. The minimum Gasteiger partial charge on any atom is -0.237 e. The van der Waals surface area contributed by atoms with E-state index in [1.807, 2.05) is 6.07 Å². The highest BCUT2D eigenvalue weighted by molar-refractivity contribution is 9.08. The van der Waals surface area contributed by atoms with Gasteiger partial charge in [0.25, 0.3) is 0 Å². The largest absolute Gasteiger partial charge is 0.237 e. The minimum atomic E-state index is -0.277. The van der Waals surface area contributed by atoms with E-state index in [0.29, 0.717) is 16.7 Å². The molecule has 1 heterocycles. The van der Waals surface area contributed by atoms with Crippen molar-refractivity contribution in [3.05, 3.63) is 48.0 Å². The molecule has 2 nitrogen and oxygen atoms in total. The summed E-state index contributed by atoms with van der Waals surface area (Å²) >= 11 is 3.31. The van der Waals surface area contributed by atoms with Crippen LogP contribution in [0.1, 0.15) is 5.69 Å². The zero-order valence-corrected chi connectivity index (χ0v) is 9.41. The maximum Gasteiger partial charge on any atom is 0.159 e. The van der Waals surface area contributed by atoms with E-state index < -0.39 is 0 Å². The molecule has 0 saturated carbocycles. The minimum absolute atomic E-state index is 0.277. The van der Waals surface area contributed by atoms with E-state index in [0.717, 1.165) is 5.69 Å². The number of aromatic nitrogens is 2. The number of nitrogens with zero attached hydrogens (tertiary/aromatic N) is 2. The molecule has 15 heavy (non-hydrogen) atoms. The summed E-state index contributed by atoms with van der Waals surface area (Å²) in [6.45, 7) is 0. The highest BCUT2D eigenvalue weighted by Gasteiger charge is 2.02. The van der Waals surface area contributed by atoms with Gasteiger partial charge in [-0.25, -0.2) is 14.4 Å². The molecule has 0 aliphatic carbocycles. The van der Waals surface area contributed by atoms with Gasteiger partial charge in [-0.15, -0.1) is 0 Å². The lowest BCUT2D eigenvalue weighted by molar-refractivity contribution is 0.628. The van der Waals surface area contributed by atoms with Crippen molar-refractivity contribution in [2.45, 2.75) is 5.33 Å². The molecule has 0 radical (unpaired) electrons. The van der Waals surface area contributed by atoms with Crippen molar-refractivity contribution in [2.24, 2.45) is 0 Å². The quantitative estimate of drug-likeness (QED) is 0.781. The van der Waals surface area contributed by atoms with Crippen molar-refractivity contribution < 1.29 is 4.39 Å². The highest BCUT2D eigenvalue weighted by atomic mass is 79.9. The van der Waals surface area contributed by atoms with Gasteiger partial charge in [-0.3, -0.25) is 0 Å². The fourth-order valence-corrected chi connectivity index (χ4v) is 1.55. The predicted octanol–water partition coefficient (Wildman–Crippen LogP) is 3.18. The summed E-state index contributed by atoms with van der Waals surface area (Å²) in [6, 6.07) is 8.08. The number of hydrogen-bond donors (Lipinski definition) is 0. The molecular weight excluding hydrogens is 259 g/mol. The average Bonchev–Trinajstić information content (AvgIpc) is 2.29. The van der Waals surface area contributed by atoms with Crippen molar-refractivity contribution in [1.29, 1.82) is 0 Å². The highest BCUT2D eigenvalue weighted by Crippen LogP contribution is 2.16. The lowest BCUT2D eigenvalue weighted by atomic mass is 10.2. The Morgan fingerprint density at radius 1 is 1.27 bits per heavy atom. The second-order valence-corrected chi connectivity index (χ2v) is 3.58. The topological polar surface area (TPSA) is 25.8 Å². The van der Waals surface area contributed by atoms with Gasteiger partial charge < -0.3 is 0 Å². The predicted molar refractivity (Wildman–Crippen MR) is 60.1 cm³/mol. The zero-order valence-electron chi connectivity index (χ0n) is 7.82. The summed E-state index contributed by atoms with van der Waals surface area (Å²) in [7, 11) is 0. The second kappa shape index (κ2) is 4.49. The Bertz CT molecular complexity index is 474. The molecule has 0 bridgehead atoms. The van der Waals surface area contributed by atoms with Crippen LogP contribution in [0.15, 0.2) is 36.5 Å². The van der Waals surface area contributed by atoms with Gasteiger partial charge in [0.2, 0.25) is 0 Å².